The predicted molar refractivity (Wildman–Crippen MR) is 68.4 cm³/mol. The lowest BCUT2D eigenvalue weighted by atomic mass is 10.3. The molecule has 1 aliphatic carbocycles. The molecule has 2 rings (SSSR count). The molecule has 98 valence electrons. The van der Waals surface area contributed by atoms with Crippen molar-refractivity contribution in [3.63, 3.8) is 0 Å². The molecule has 1 N–H and O–H groups in total. The second kappa shape index (κ2) is 6.07. The van der Waals surface area contributed by atoms with Gasteiger partial charge in [-0.2, -0.15) is 0 Å². The van der Waals surface area contributed by atoms with E-state index in [4.69, 9.17) is 21.2 Å². The van der Waals surface area contributed by atoms with E-state index in [1.54, 1.807) is 31.2 Å². The smallest absolute Gasteiger partial charge is 0.284 e. The Labute approximate surface area is 111 Å². The number of benzene rings is 1. The van der Waals surface area contributed by atoms with Crippen molar-refractivity contribution in [2.75, 3.05) is 6.61 Å². The quantitative estimate of drug-likeness (QED) is 0.808. The van der Waals surface area contributed by atoms with Crippen molar-refractivity contribution >= 4 is 17.5 Å². The standard InChI is InChI=1S/C13H16ClNO3/c1-9(13(16)15-17-8-10-2-3-10)18-12-6-4-11(14)5-7-12/h4-7,9-10H,2-3,8H2,1H3,(H,15,16). The van der Waals surface area contributed by atoms with Gasteiger partial charge in [-0.15, -0.1) is 0 Å². The molecule has 18 heavy (non-hydrogen) atoms. The van der Waals surface area contributed by atoms with Crippen LogP contribution in [0.15, 0.2) is 24.3 Å². The Hall–Kier alpha value is -1.26. The van der Waals surface area contributed by atoms with Gasteiger partial charge in [-0.3, -0.25) is 9.63 Å². The summed E-state index contributed by atoms with van der Waals surface area (Å²) in [5.74, 6) is 0.924. The van der Waals surface area contributed by atoms with Gasteiger partial charge in [-0.05, 0) is 49.9 Å². The van der Waals surface area contributed by atoms with Crippen molar-refractivity contribution in [1.29, 1.82) is 0 Å². The summed E-state index contributed by atoms with van der Waals surface area (Å²) < 4.78 is 5.45. The molecule has 1 aliphatic rings. The van der Waals surface area contributed by atoms with Crippen molar-refractivity contribution in [3.8, 4) is 5.75 Å². The maximum Gasteiger partial charge on any atom is 0.284 e. The van der Waals surface area contributed by atoms with Gasteiger partial charge in [0.1, 0.15) is 5.75 Å². The predicted octanol–water partition coefficient (Wildman–Crippen LogP) is 2.57. The fourth-order valence-electron chi connectivity index (χ4n) is 1.37. The molecule has 1 aromatic rings. The van der Waals surface area contributed by atoms with E-state index in [2.05, 4.69) is 5.48 Å². The van der Waals surface area contributed by atoms with Gasteiger partial charge in [0, 0.05) is 5.02 Å². The van der Waals surface area contributed by atoms with Crippen LogP contribution in [0.5, 0.6) is 5.75 Å². The third-order valence-corrected chi connectivity index (χ3v) is 2.94. The number of hydrogen-bond donors (Lipinski definition) is 1. The number of carbonyl (C=O) groups is 1. The SMILES string of the molecule is CC(Oc1ccc(Cl)cc1)C(=O)NOCC1CC1. The number of ether oxygens (including phenoxy) is 1. The first-order valence-electron chi connectivity index (χ1n) is 5.99. The molecule has 1 aromatic carbocycles. The first-order chi connectivity index (χ1) is 8.65. The highest BCUT2D eigenvalue weighted by molar-refractivity contribution is 6.30. The fraction of sp³-hybridized carbons (Fsp3) is 0.462. The van der Waals surface area contributed by atoms with Crippen LogP contribution in [0.3, 0.4) is 0 Å². The highest BCUT2D eigenvalue weighted by Gasteiger charge is 2.22. The number of amides is 1. The van der Waals surface area contributed by atoms with Gasteiger partial charge >= 0.3 is 0 Å². The molecular weight excluding hydrogens is 254 g/mol. The van der Waals surface area contributed by atoms with Gasteiger partial charge < -0.3 is 4.74 Å². The Morgan fingerprint density at radius 3 is 2.72 bits per heavy atom. The molecule has 0 aliphatic heterocycles. The van der Waals surface area contributed by atoms with Crippen LogP contribution in [-0.2, 0) is 9.63 Å². The van der Waals surface area contributed by atoms with Crippen LogP contribution >= 0.6 is 11.6 Å². The van der Waals surface area contributed by atoms with Gasteiger partial charge in [-0.1, -0.05) is 11.6 Å². The van der Waals surface area contributed by atoms with Crippen molar-refractivity contribution < 1.29 is 14.4 Å². The van der Waals surface area contributed by atoms with Gasteiger partial charge in [0.2, 0.25) is 0 Å². The summed E-state index contributed by atoms with van der Waals surface area (Å²) in [5, 5.41) is 0.632. The Morgan fingerprint density at radius 1 is 1.44 bits per heavy atom. The van der Waals surface area contributed by atoms with E-state index in [1.807, 2.05) is 0 Å². The largest absolute Gasteiger partial charge is 0.481 e. The summed E-state index contributed by atoms with van der Waals surface area (Å²) in [7, 11) is 0. The highest BCUT2D eigenvalue weighted by Crippen LogP contribution is 2.28. The van der Waals surface area contributed by atoms with Gasteiger partial charge in [0.05, 0.1) is 6.61 Å². The molecule has 4 nitrogen and oxygen atoms in total. The number of carbonyl (C=O) groups excluding carboxylic acids is 1. The van der Waals surface area contributed by atoms with E-state index in [0.29, 0.717) is 23.3 Å². The second-order valence-corrected chi connectivity index (χ2v) is 4.87. The maximum absolute atomic E-state index is 11.6. The van der Waals surface area contributed by atoms with Crippen LogP contribution in [-0.4, -0.2) is 18.6 Å². The average Bonchev–Trinajstić information content (AvgIpc) is 3.16. The third-order valence-electron chi connectivity index (χ3n) is 2.68. The minimum absolute atomic E-state index is 0.286. The molecule has 0 saturated heterocycles. The highest BCUT2D eigenvalue weighted by atomic mass is 35.5. The number of hydrogen-bond acceptors (Lipinski definition) is 3. The molecular formula is C13H16ClNO3. The minimum atomic E-state index is -0.606. The van der Waals surface area contributed by atoms with E-state index < -0.39 is 6.10 Å². The normalized spacial score (nSPS) is 16.1. The molecule has 0 aromatic heterocycles. The zero-order valence-corrected chi connectivity index (χ0v) is 10.9. The molecule has 1 fully saturated rings. The van der Waals surface area contributed by atoms with Crippen molar-refractivity contribution in [2.45, 2.75) is 25.9 Å². The first-order valence-corrected chi connectivity index (χ1v) is 6.37. The summed E-state index contributed by atoms with van der Waals surface area (Å²) in [6.45, 7) is 2.25. The summed E-state index contributed by atoms with van der Waals surface area (Å²) >= 11 is 5.76. The molecule has 0 radical (unpaired) electrons. The summed E-state index contributed by atoms with van der Waals surface area (Å²) in [4.78, 5) is 16.7. The van der Waals surface area contributed by atoms with Crippen LogP contribution in [0.4, 0.5) is 0 Å². The topological polar surface area (TPSA) is 47.6 Å². The van der Waals surface area contributed by atoms with E-state index in [9.17, 15) is 4.79 Å². The Balaban J connectivity index is 1.73. The van der Waals surface area contributed by atoms with E-state index in [1.165, 1.54) is 12.8 Å². The first kappa shape index (κ1) is 13.2. The number of hydroxylamine groups is 1. The van der Waals surface area contributed by atoms with Crippen LogP contribution in [0.2, 0.25) is 5.02 Å². The van der Waals surface area contributed by atoms with Crippen LogP contribution < -0.4 is 10.2 Å². The second-order valence-electron chi connectivity index (χ2n) is 4.43. The van der Waals surface area contributed by atoms with Crippen molar-refractivity contribution in [2.24, 2.45) is 5.92 Å². The van der Waals surface area contributed by atoms with Crippen molar-refractivity contribution in [3.05, 3.63) is 29.3 Å². The van der Waals surface area contributed by atoms with E-state index >= 15 is 0 Å². The number of nitrogens with one attached hydrogen (secondary N) is 1. The number of halogens is 1. The Bertz CT molecular complexity index is 403. The molecule has 0 spiro atoms. The van der Waals surface area contributed by atoms with Crippen LogP contribution in [0.25, 0.3) is 0 Å². The summed E-state index contributed by atoms with van der Waals surface area (Å²) in [5.41, 5.74) is 2.40. The fourth-order valence-corrected chi connectivity index (χ4v) is 1.49. The Kier molecular flexibility index (Phi) is 4.44. The van der Waals surface area contributed by atoms with E-state index in [-0.39, 0.29) is 5.91 Å². The van der Waals surface area contributed by atoms with Gasteiger partial charge in [-0.25, -0.2) is 5.48 Å². The minimum Gasteiger partial charge on any atom is -0.481 e. The lowest BCUT2D eigenvalue weighted by molar-refractivity contribution is -0.140. The maximum atomic E-state index is 11.6. The lowest BCUT2D eigenvalue weighted by Crippen LogP contribution is -2.36. The van der Waals surface area contributed by atoms with Crippen LogP contribution in [0.1, 0.15) is 19.8 Å². The molecule has 1 unspecified atom stereocenters. The zero-order valence-electron chi connectivity index (χ0n) is 10.2. The lowest BCUT2D eigenvalue weighted by Gasteiger charge is -2.14. The van der Waals surface area contributed by atoms with Crippen LogP contribution in [0, 0.1) is 5.92 Å². The molecule has 1 amide bonds. The number of rotatable bonds is 6. The summed E-state index contributed by atoms with van der Waals surface area (Å²) in [6, 6.07) is 6.87. The Morgan fingerprint density at radius 2 is 2.11 bits per heavy atom. The van der Waals surface area contributed by atoms with Gasteiger partial charge in [0.25, 0.3) is 5.91 Å². The third kappa shape index (κ3) is 4.20. The van der Waals surface area contributed by atoms with Crippen molar-refractivity contribution in [1.82, 2.24) is 5.48 Å². The molecule has 0 heterocycles. The molecule has 0 bridgehead atoms. The molecule has 1 saturated carbocycles. The van der Waals surface area contributed by atoms with Gasteiger partial charge in [0.15, 0.2) is 6.10 Å². The summed E-state index contributed by atoms with van der Waals surface area (Å²) in [6.07, 6.45) is 1.77. The molecule has 1 atom stereocenters. The monoisotopic (exact) mass is 269 g/mol. The van der Waals surface area contributed by atoms with E-state index in [0.717, 1.165) is 0 Å². The molecule has 5 heteroatoms. The average molecular weight is 270 g/mol. The zero-order chi connectivity index (χ0) is 13.0.